The molecule has 12 heteroatoms. The van der Waals surface area contributed by atoms with Gasteiger partial charge in [0.1, 0.15) is 11.5 Å². The number of ketones is 1. The van der Waals surface area contributed by atoms with E-state index >= 15 is 0 Å². The third-order valence-corrected chi connectivity index (χ3v) is 7.18. The highest BCUT2D eigenvalue weighted by Gasteiger charge is 2.20. The molecule has 0 aliphatic carbocycles. The lowest BCUT2D eigenvalue weighted by Crippen LogP contribution is -2.26. The van der Waals surface area contributed by atoms with Gasteiger partial charge in [-0.2, -0.15) is 0 Å². The number of rotatable bonds is 8. The second-order valence-electron chi connectivity index (χ2n) is 8.41. The Balaban J connectivity index is 1.74. The van der Waals surface area contributed by atoms with E-state index in [0.717, 1.165) is 6.07 Å². The highest BCUT2D eigenvalue weighted by Crippen LogP contribution is 2.31. The summed E-state index contributed by atoms with van der Waals surface area (Å²) >= 11 is 0. The van der Waals surface area contributed by atoms with Crippen molar-refractivity contribution in [2.75, 3.05) is 11.8 Å². The Morgan fingerprint density at radius 3 is 2.51 bits per heavy atom. The van der Waals surface area contributed by atoms with Gasteiger partial charge in [-0.15, -0.1) is 0 Å². The van der Waals surface area contributed by atoms with Crippen molar-refractivity contribution in [3.63, 3.8) is 0 Å². The molecule has 192 valence electrons. The molecule has 2 aromatic heterocycles. The van der Waals surface area contributed by atoms with Crippen molar-refractivity contribution < 1.29 is 26.7 Å². The quantitative estimate of drug-likeness (QED) is 0.370. The molecule has 4 aromatic rings. The number of nitrogens with zero attached hydrogens (tertiary/aromatic N) is 3. The number of methoxy groups -OCH3 is 1. The molecule has 0 aliphatic rings. The summed E-state index contributed by atoms with van der Waals surface area (Å²) in [5.41, 5.74) is 1.04. The van der Waals surface area contributed by atoms with Gasteiger partial charge in [-0.05, 0) is 48.9 Å². The Morgan fingerprint density at radius 1 is 1.08 bits per heavy atom. The van der Waals surface area contributed by atoms with Crippen molar-refractivity contribution in [1.29, 1.82) is 0 Å². The zero-order valence-corrected chi connectivity index (χ0v) is 20.8. The third kappa shape index (κ3) is 5.33. The van der Waals surface area contributed by atoms with Crippen molar-refractivity contribution in [1.82, 2.24) is 14.5 Å². The number of hydrogen-bond donors (Lipinski definition) is 1. The maximum atomic E-state index is 13.6. The van der Waals surface area contributed by atoms with Gasteiger partial charge >= 0.3 is 0 Å². The number of ether oxygens (including phenoxy) is 1. The summed E-state index contributed by atoms with van der Waals surface area (Å²) in [6.45, 7) is 3.36. The summed E-state index contributed by atoms with van der Waals surface area (Å²) in [7, 11) is -3.02. The van der Waals surface area contributed by atoms with Crippen LogP contribution in [0.15, 0.2) is 64.7 Å². The minimum atomic E-state index is -4.32. The number of halogens is 2. The SMILES string of the molecule is COc1ncc(-c2ccc3ncn(C[C@@H](C)C(C)=O)c(=O)c3c2)cc1NS(=O)(=O)c1ccc(F)c(F)c1. The van der Waals surface area contributed by atoms with Crippen LogP contribution in [0.4, 0.5) is 14.5 Å². The monoisotopic (exact) mass is 528 g/mol. The minimum absolute atomic E-state index is 0.0521. The van der Waals surface area contributed by atoms with Gasteiger partial charge in [-0.3, -0.25) is 18.9 Å². The van der Waals surface area contributed by atoms with Gasteiger partial charge in [0.15, 0.2) is 11.6 Å². The number of Topliss-reactive ketones (excluding diaryl/α,β-unsaturated/α-hetero) is 1. The van der Waals surface area contributed by atoms with Crippen molar-refractivity contribution in [2.45, 2.75) is 25.3 Å². The molecular formula is C25H22F2N4O5S. The fourth-order valence-corrected chi connectivity index (χ4v) is 4.65. The van der Waals surface area contributed by atoms with Gasteiger partial charge < -0.3 is 4.74 Å². The molecule has 0 amide bonds. The van der Waals surface area contributed by atoms with Crippen LogP contribution in [0.1, 0.15) is 13.8 Å². The summed E-state index contributed by atoms with van der Waals surface area (Å²) in [6, 6.07) is 8.57. The molecule has 0 aliphatic heterocycles. The summed E-state index contributed by atoms with van der Waals surface area (Å²) < 4.78 is 61.3. The fourth-order valence-electron chi connectivity index (χ4n) is 3.59. The average Bonchev–Trinajstić information content (AvgIpc) is 2.86. The second-order valence-corrected chi connectivity index (χ2v) is 10.1. The van der Waals surface area contributed by atoms with E-state index in [9.17, 15) is 26.8 Å². The molecule has 9 nitrogen and oxygen atoms in total. The first-order valence-electron chi connectivity index (χ1n) is 11.0. The number of pyridine rings is 1. The van der Waals surface area contributed by atoms with E-state index in [0.29, 0.717) is 34.2 Å². The molecular weight excluding hydrogens is 506 g/mol. The van der Waals surface area contributed by atoms with Gasteiger partial charge in [0.2, 0.25) is 5.88 Å². The van der Waals surface area contributed by atoms with Crippen LogP contribution in [0.5, 0.6) is 5.88 Å². The predicted octanol–water partition coefficient (Wildman–Crippen LogP) is 3.77. The van der Waals surface area contributed by atoms with E-state index in [1.165, 1.54) is 37.2 Å². The van der Waals surface area contributed by atoms with Crippen LogP contribution in [-0.4, -0.2) is 35.8 Å². The first-order valence-corrected chi connectivity index (χ1v) is 12.5. The topological polar surface area (TPSA) is 120 Å². The Morgan fingerprint density at radius 2 is 1.84 bits per heavy atom. The van der Waals surface area contributed by atoms with Crippen LogP contribution in [0.25, 0.3) is 22.0 Å². The Hall–Kier alpha value is -4.19. The molecule has 1 N–H and O–H groups in total. The molecule has 0 saturated carbocycles. The zero-order chi connectivity index (χ0) is 26.9. The smallest absolute Gasteiger partial charge is 0.262 e. The zero-order valence-electron chi connectivity index (χ0n) is 20.0. The van der Waals surface area contributed by atoms with Gasteiger partial charge in [-0.1, -0.05) is 13.0 Å². The number of carbonyl (C=O) groups is 1. The van der Waals surface area contributed by atoms with Crippen molar-refractivity contribution in [3.05, 3.63) is 77.0 Å². The molecule has 1 atom stereocenters. The van der Waals surface area contributed by atoms with Gasteiger partial charge in [-0.25, -0.2) is 27.2 Å². The third-order valence-electron chi connectivity index (χ3n) is 5.81. The number of anilines is 1. The van der Waals surface area contributed by atoms with Crippen molar-refractivity contribution in [3.8, 4) is 17.0 Å². The lowest BCUT2D eigenvalue weighted by atomic mass is 10.0. The van der Waals surface area contributed by atoms with E-state index < -0.39 is 26.6 Å². The number of nitrogens with one attached hydrogen (secondary N) is 1. The molecule has 0 unspecified atom stereocenters. The number of sulfonamides is 1. The van der Waals surface area contributed by atoms with Crippen LogP contribution in [-0.2, 0) is 21.4 Å². The highest BCUT2D eigenvalue weighted by molar-refractivity contribution is 7.92. The maximum Gasteiger partial charge on any atom is 0.262 e. The first kappa shape index (κ1) is 25.9. The number of aromatic nitrogens is 3. The molecule has 0 spiro atoms. The Labute approximate surface area is 210 Å². The highest BCUT2D eigenvalue weighted by atomic mass is 32.2. The number of fused-ring (bicyclic) bond motifs is 1. The van der Waals surface area contributed by atoms with E-state index in [4.69, 9.17) is 4.74 Å². The van der Waals surface area contributed by atoms with Gasteiger partial charge in [0.25, 0.3) is 15.6 Å². The van der Waals surface area contributed by atoms with Crippen LogP contribution in [0, 0.1) is 17.6 Å². The van der Waals surface area contributed by atoms with Crippen LogP contribution in [0.2, 0.25) is 0 Å². The molecule has 0 saturated heterocycles. The van der Waals surface area contributed by atoms with Crippen molar-refractivity contribution >= 4 is 32.4 Å². The summed E-state index contributed by atoms with van der Waals surface area (Å²) in [4.78, 5) is 32.6. The summed E-state index contributed by atoms with van der Waals surface area (Å²) in [6.07, 6.45) is 2.83. The molecule has 2 heterocycles. The molecule has 2 aromatic carbocycles. The van der Waals surface area contributed by atoms with Crippen LogP contribution >= 0.6 is 0 Å². The summed E-state index contributed by atoms with van der Waals surface area (Å²) in [5, 5.41) is 0.301. The first-order chi connectivity index (χ1) is 17.5. The Bertz CT molecular complexity index is 1690. The maximum absolute atomic E-state index is 13.6. The van der Waals surface area contributed by atoms with E-state index in [1.807, 2.05) is 0 Å². The Kier molecular flexibility index (Phi) is 7.03. The normalized spacial score (nSPS) is 12.4. The van der Waals surface area contributed by atoms with E-state index in [1.54, 1.807) is 25.1 Å². The summed E-state index contributed by atoms with van der Waals surface area (Å²) in [5.74, 6) is -2.96. The number of carbonyl (C=O) groups excluding carboxylic acids is 1. The molecule has 0 radical (unpaired) electrons. The lowest BCUT2D eigenvalue weighted by Gasteiger charge is -2.14. The lowest BCUT2D eigenvalue weighted by molar-refractivity contribution is -0.120. The van der Waals surface area contributed by atoms with E-state index in [-0.39, 0.29) is 35.4 Å². The van der Waals surface area contributed by atoms with Gasteiger partial charge in [0, 0.05) is 24.2 Å². The van der Waals surface area contributed by atoms with Gasteiger partial charge in [0.05, 0.1) is 29.2 Å². The van der Waals surface area contributed by atoms with Crippen molar-refractivity contribution in [2.24, 2.45) is 5.92 Å². The number of hydrogen-bond acceptors (Lipinski definition) is 7. The largest absolute Gasteiger partial charge is 0.480 e. The fraction of sp³-hybridized carbons (Fsp3) is 0.200. The average molecular weight is 529 g/mol. The molecule has 0 bridgehead atoms. The molecule has 4 rings (SSSR count). The minimum Gasteiger partial charge on any atom is -0.480 e. The van der Waals surface area contributed by atoms with E-state index in [2.05, 4.69) is 14.7 Å². The number of benzene rings is 2. The predicted molar refractivity (Wildman–Crippen MR) is 133 cm³/mol. The molecule has 0 fully saturated rings. The second kappa shape index (κ2) is 10.1. The van der Waals surface area contributed by atoms with Crippen LogP contribution < -0.4 is 15.0 Å². The standard InChI is InChI=1S/C25H22F2N4O5S/c1-14(15(2)32)12-31-13-29-22-7-4-16(8-19(22)25(31)33)17-9-23(24(36-3)28-11-17)30-37(34,35)18-5-6-20(26)21(27)10-18/h4-11,13-14,30H,12H2,1-3H3/t14-/m1/s1. The van der Waals surface area contributed by atoms with Crippen LogP contribution in [0.3, 0.4) is 0 Å². The molecule has 37 heavy (non-hydrogen) atoms.